The molecule has 4 aromatic carbocycles. The second-order valence-electron chi connectivity index (χ2n) is 6.04. The van der Waals surface area contributed by atoms with Gasteiger partial charge in [0.15, 0.2) is 5.78 Å². The van der Waals surface area contributed by atoms with Gasteiger partial charge in [-0.05, 0) is 17.5 Å². The number of nitrogens with two attached hydrogens (primary N) is 1. The maximum Gasteiger partial charge on any atom is 0.280 e. The van der Waals surface area contributed by atoms with Crippen molar-refractivity contribution >= 4 is 27.9 Å². The van der Waals surface area contributed by atoms with Crippen LogP contribution in [0.2, 0.25) is 0 Å². The van der Waals surface area contributed by atoms with Crippen molar-refractivity contribution in [2.75, 3.05) is 5.73 Å². The molecule has 0 saturated carbocycles. The molecule has 0 aliphatic rings. The van der Waals surface area contributed by atoms with Crippen LogP contribution < -0.4 is 5.73 Å². The molecule has 0 bridgehead atoms. The second kappa shape index (κ2) is 8.60. The molecule has 0 radical (unpaired) electrons. The number of carbonyl (C=O) groups is 1. The van der Waals surface area contributed by atoms with E-state index in [1.165, 1.54) is 17.5 Å². The number of ketones is 1. The average molecular weight is 370 g/mol. The largest absolute Gasteiger partial charge is 0.398 e. The number of nitro groups is 1. The molecule has 0 spiro atoms. The predicted octanol–water partition coefficient (Wildman–Crippen LogP) is 5.25. The molecule has 0 atom stereocenters. The molecule has 4 rings (SSSR count). The summed E-state index contributed by atoms with van der Waals surface area (Å²) in [6, 6.07) is 28.5. The molecule has 28 heavy (non-hydrogen) atoms. The Morgan fingerprint density at radius 1 is 0.750 bits per heavy atom. The van der Waals surface area contributed by atoms with Gasteiger partial charge in [0.1, 0.15) is 5.56 Å². The minimum absolute atomic E-state index is 0.115. The third-order valence-corrected chi connectivity index (χ3v) is 4.20. The van der Waals surface area contributed by atoms with E-state index in [4.69, 9.17) is 5.73 Å². The van der Waals surface area contributed by atoms with E-state index in [1.54, 1.807) is 42.5 Å². The maximum atomic E-state index is 12.1. The molecule has 0 amide bonds. The first-order valence-electron chi connectivity index (χ1n) is 8.64. The Morgan fingerprint density at radius 2 is 1.36 bits per heavy atom. The van der Waals surface area contributed by atoms with Crippen molar-refractivity contribution in [1.82, 2.24) is 0 Å². The van der Waals surface area contributed by atoms with Gasteiger partial charge in [0.2, 0.25) is 0 Å². The number of para-hydroxylation sites is 1. The number of anilines is 1. The number of nitro benzene ring substituents is 1. The number of hydrogen-bond acceptors (Lipinski definition) is 4. The lowest BCUT2D eigenvalue weighted by Crippen LogP contribution is -2.04. The Kier molecular flexibility index (Phi) is 5.77. The van der Waals surface area contributed by atoms with Gasteiger partial charge in [0, 0.05) is 22.7 Å². The quantitative estimate of drug-likeness (QED) is 0.231. The Morgan fingerprint density at radius 3 is 2.07 bits per heavy atom. The minimum Gasteiger partial charge on any atom is -0.398 e. The topological polar surface area (TPSA) is 86.2 Å². The molecule has 0 fully saturated rings. The normalized spacial score (nSPS) is 10.0. The van der Waals surface area contributed by atoms with Crippen molar-refractivity contribution in [2.45, 2.75) is 0 Å². The van der Waals surface area contributed by atoms with Gasteiger partial charge in [-0.2, -0.15) is 0 Å². The lowest BCUT2D eigenvalue weighted by Gasteiger charge is -2.01. The summed E-state index contributed by atoms with van der Waals surface area (Å²) in [5, 5.41) is 13.1. The van der Waals surface area contributed by atoms with Crippen LogP contribution in [0.5, 0.6) is 0 Å². The van der Waals surface area contributed by atoms with Crippen LogP contribution in [0.15, 0.2) is 97.1 Å². The van der Waals surface area contributed by atoms with Gasteiger partial charge < -0.3 is 5.73 Å². The summed E-state index contributed by atoms with van der Waals surface area (Å²) < 4.78 is 0. The zero-order valence-electron chi connectivity index (χ0n) is 15.0. The summed E-state index contributed by atoms with van der Waals surface area (Å²) in [6.45, 7) is 0. The fourth-order valence-corrected chi connectivity index (χ4v) is 2.82. The van der Waals surface area contributed by atoms with Crippen molar-refractivity contribution < 1.29 is 9.72 Å². The lowest BCUT2D eigenvalue weighted by atomic mass is 10.0. The highest BCUT2D eigenvalue weighted by molar-refractivity contribution is 6.11. The van der Waals surface area contributed by atoms with Gasteiger partial charge in [0.05, 0.1) is 4.92 Å². The number of carbonyl (C=O) groups excluding carboxylic acids is 1. The van der Waals surface area contributed by atoms with E-state index < -0.39 is 4.92 Å². The smallest absolute Gasteiger partial charge is 0.280 e. The van der Waals surface area contributed by atoms with Crippen molar-refractivity contribution in [3.05, 3.63) is 118 Å². The molecule has 4 aromatic rings. The first kappa shape index (κ1) is 18.8. The van der Waals surface area contributed by atoms with Gasteiger partial charge in [-0.25, -0.2) is 0 Å². The fraction of sp³-hybridized carbons (Fsp3) is 0. The van der Waals surface area contributed by atoms with Crippen molar-refractivity contribution in [3.8, 4) is 0 Å². The van der Waals surface area contributed by atoms with Crippen LogP contribution in [0.25, 0.3) is 10.8 Å². The number of nitrogen functional groups attached to an aromatic ring is 1. The fourth-order valence-electron chi connectivity index (χ4n) is 2.82. The van der Waals surface area contributed by atoms with Crippen molar-refractivity contribution in [3.63, 3.8) is 0 Å². The highest BCUT2D eigenvalue weighted by Gasteiger charge is 2.19. The van der Waals surface area contributed by atoms with E-state index in [-0.39, 0.29) is 17.0 Å². The van der Waals surface area contributed by atoms with Gasteiger partial charge in [-0.3, -0.25) is 14.9 Å². The van der Waals surface area contributed by atoms with Crippen molar-refractivity contribution in [2.24, 2.45) is 0 Å². The van der Waals surface area contributed by atoms with Crippen molar-refractivity contribution in [1.29, 1.82) is 0 Å². The SMILES string of the molecule is Nc1cccc2ccccc12.O=C(c1ccccc1)c1ccccc1[N+](=O)[O-]. The second-order valence-corrected chi connectivity index (χ2v) is 6.04. The molecule has 0 unspecified atom stereocenters. The first-order valence-corrected chi connectivity index (χ1v) is 8.64. The lowest BCUT2D eigenvalue weighted by molar-refractivity contribution is -0.385. The Hall–Kier alpha value is -3.99. The van der Waals surface area contributed by atoms with E-state index in [1.807, 2.05) is 30.3 Å². The van der Waals surface area contributed by atoms with Gasteiger partial charge >= 0.3 is 0 Å². The Balaban J connectivity index is 0.000000176. The first-order chi connectivity index (χ1) is 13.6. The van der Waals surface area contributed by atoms with Gasteiger partial charge in [-0.1, -0.05) is 78.9 Å². The molecule has 0 aromatic heterocycles. The van der Waals surface area contributed by atoms with E-state index in [9.17, 15) is 14.9 Å². The summed E-state index contributed by atoms with van der Waals surface area (Å²) in [6.07, 6.45) is 0. The van der Waals surface area contributed by atoms with Crippen LogP contribution in [-0.4, -0.2) is 10.7 Å². The predicted molar refractivity (Wildman–Crippen MR) is 111 cm³/mol. The van der Waals surface area contributed by atoms with Crippen LogP contribution in [0.4, 0.5) is 11.4 Å². The van der Waals surface area contributed by atoms with E-state index in [0.717, 1.165) is 11.1 Å². The molecular formula is C23H18N2O3. The van der Waals surface area contributed by atoms with Crippen LogP contribution in [0.3, 0.4) is 0 Å². The minimum atomic E-state index is -0.545. The van der Waals surface area contributed by atoms with E-state index in [0.29, 0.717) is 5.56 Å². The molecule has 0 heterocycles. The van der Waals surface area contributed by atoms with Gasteiger partial charge in [0.25, 0.3) is 5.69 Å². The van der Waals surface area contributed by atoms with E-state index in [2.05, 4.69) is 12.1 Å². The molecular weight excluding hydrogens is 352 g/mol. The molecule has 0 saturated heterocycles. The number of benzene rings is 4. The molecule has 2 N–H and O–H groups in total. The molecule has 138 valence electrons. The molecule has 5 nitrogen and oxygen atoms in total. The summed E-state index contributed by atoms with van der Waals surface area (Å²) in [7, 11) is 0. The maximum absolute atomic E-state index is 12.1. The molecule has 5 heteroatoms. The summed E-state index contributed by atoms with van der Waals surface area (Å²) in [4.78, 5) is 22.3. The molecule has 0 aliphatic carbocycles. The Labute approximate surface area is 162 Å². The highest BCUT2D eigenvalue weighted by Crippen LogP contribution is 2.21. The number of nitrogens with zero attached hydrogens (tertiary/aromatic N) is 1. The number of hydrogen-bond donors (Lipinski definition) is 1. The highest BCUT2D eigenvalue weighted by atomic mass is 16.6. The average Bonchev–Trinajstić information content (AvgIpc) is 2.75. The van der Waals surface area contributed by atoms with Crippen LogP contribution >= 0.6 is 0 Å². The number of rotatable bonds is 3. The number of fused-ring (bicyclic) bond motifs is 1. The zero-order valence-corrected chi connectivity index (χ0v) is 15.0. The Bertz CT molecular complexity index is 1120. The third-order valence-electron chi connectivity index (χ3n) is 4.20. The van der Waals surface area contributed by atoms with Gasteiger partial charge in [-0.15, -0.1) is 0 Å². The zero-order chi connectivity index (χ0) is 19.9. The van der Waals surface area contributed by atoms with Crippen LogP contribution in [-0.2, 0) is 0 Å². The van der Waals surface area contributed by atoms with E-state index >= 15 is 0 Å². The summed E-state index contributed by atoms with van der Waals surface area (Å²) >= 11 is 0. The molecule has 0 aliphatic heterocycles. The standard InChI is InChI=1S/C13H9NO3.C10H9N/c15-13(10-6-2-1-3-7-10)11-8-4-5-9-12(11)14(16)17;11-10-7-3-5-8-4-1-2-6-9(8)10/h1-9H;1-7H,11H2. The summed E-state index contributed by atoms with van der Waals surface area (Å²) in [5.74, 6) is -0.335. The monoisotopic (exact) mass is 370 g/mol. The van der Waals surface area contributed by atoms with Crippen LogP contribution in [0, 0.1) is 10.1 Å². The van der Waals surface area contributed by atoms with Crippen LogP contribution in [0.1, 0.15) is 15.9 Å². The summed E-state index contributed by atoms with van der Waals surface area (Å²) in [5.41, 5.74) is 7.00. The third kappa shape index (κ3) is 4.22.